The molecule has 0 aliphatic heterocycles. The van der Waals surface area contributed by atoms with Crippen molar-refractivity contribution in [1.29, 1.82) is 0 Å². The third-order valence-electron chi connectivity index (χ3n) is 3.62. The number of nitrogens with one attached hydrogen (secondary N) is 1. The third-order valence-corrected chi connectivity index (χ3v) is 4.81. The van der Waals surface area contributed by atoms with Crippen LogP contribution < -0.4 is 5.32 Å². The molecular weight excluding hydrogens is 325 g/mol. The molecule has 1 nitrogen and oxygen atoms in total. The molecular formula is C17H18Cl3N. The van der Waals surface area contributed by atoms with Crippen molar-refractivity contribution in [3.8, 4) is 0 Å². The highest BCUT2D eigenvalue weighted by Gasteiger charge is 2.12. The largest absolute Gasteiger partial charge is 0.306 e. The van der Waals surface area contributed by atoms with Crippen LogP contribution in [0.5, 0.6) is 0 Å². The molecule has 2 aromatic rings. The predicted octanol–water partition coefficient (Wildman–Crippen LogP) is 6.11. The van der Waals surface area contributed by atoms with E-state index in [1.54, 1.807) is 12.1 Å². The van der Waals surface area contributed by atoms with Gasteiger partial charge >= 0.3 is 0 Å². The molecule has 2 aromatic carbocycles. The van der Waals surface area contributed by atoms with Crippen molar-refractivity contribution < 1.29 is 0 Å². The summed E-state index contributed by atoms with van der Waals surface area (Å²) in [5, 5.41) is 5.13. The summed E-state index contributed by atoms with van der Waals surface area (Å²) < 4.78 is 0. The molecule has 21 heavy (non-hydrogen) atoms. The standard InChI is InChI=1S/C17H18Cl3N/c1-10-4-5-13(11(2)8-10)12(3)21-9-14-15(18)6-7-16(19)17(14)20/h4-8,12,21H,9H2,1-3H3. The SMILES string of the molecule is Cc1ccc(C(C)NCc2c(Cl)ccc(Cl)c2Cl)c(C)c1. The summed E-state index contributed by atoms with van der Waals surface area (Å²) in [6.07, 6.45) is 0. The Bertz CT molecular complexity index is 653. The Morgan fingerprint density at radius 2 is 1.67 bits per heavy atom. The summed E-state index contributed by atoms with van der Waals surface area (Å²) in [4.78, 5) is 0. The van der Waals surface area contributed by atoms with E-state index in [9.17, 15) is 0 Å². The van der Waals surface area contributed by atoms with E-state index in [1.807, 2.05) is 0 Å². The second kappa shape index (κ2) is 7.02. The zero-order valence-electron chi connectivity index (χ0n) is 12.3. The van der Waals surface area contributed by atoms with Crippen LogP contribution in [0, 0.1) is 13.8 Å². The highest BCUT2D eigenvalue weighted by atomic mass is 35.5. The summed E-state index contributed by atoms with van der Waals surface area (Å²) in [5.74, 6) is 0. The maximum atomic E-state index is 6.22. The van der Waals surface area contributed by atoms with Gasteiger partial charge in [0.05, 0.1) is 10.0 Å². The predicted molar refractivity (Wildman–Crippen MR) is 92.6 cm³/mol. The fourth-order valence-corrected chi connectivity index (χ4v) is 3.09. The molecule has 0 amide bonds. The molecule has 0 radical (unpaired) electrons. The highest BCUT2D eigenvalue weighted by molar-refractivity contribution is 6.44. The minimum atomic E-state index is 0.205. The van der Waals surface area contributed by atoms with E-state index in [0.717, 1.165) is 5.56 Å². The first kappa shape index (κ1) is 16.6. The van der Waals surface area contributed by atoms with Crippen molar-refractivity contribution in [2.45, 2.75) is 33.4 Å². The summed E-state index contributed by atoms with van der Waals surface area (Å²) in [5.41, 5.74) is 4.65. The molecule has 0 spiro atoms. The zero-order chi connectivity index (χ0) is 15.6. The van der Waals surface area contributed by atoms with Crippen LogP contribution in [0.4, 0.5) is 0 Å². The Kier molecular flexibility index (Phi) is 5.56. The topological polar surface area (TPSA) is 12.0 Å². The van der Waals surface area contributed by atoms with E-state index in [-0.39, 0.29) is 6.04 Å². The Balaban J connectivity index is 2.15. The molecule has 0 aliphatic carbocycles. The second-order valence-corrected chi connectivity index (χ2v) is 6.48. The summed E-state index contributed by atoms with van der Waals surface area (Å²) >= 11 is 18.5. The smallest absolute Gasteiger partial charge is 0.0652 e. The molecule has 112 valence electrons. The molecule has 0 bridgehead atoms. The van der Waals surface area contributed by atoms with Gasteiger partial charge in [-0.25, -0.2) is 0 Å². The minimum absolute atomic E-state index is 0.205. The van der Waals surface area contributed by atoms with Crippen LogP contribution in [0.25, 0.3) is 0 Å². The third kappa shape index (κ3) is 3.92. The van der Waals surface area contributed by atoms with Crippen molar-refractivity contribution >= 4 is 34.8 Å². The molecule has 4 heteroatoms. The van der Waals surface area contributed by atoms with E-state index in [4.69, 9.17) is 34.8 Å². The lowest BCUT2D eigenvalue weighted by Gasteiger charge is -2.18. The van der Waals surface area contributed by atoms with Gasteiger partial charge in [-0.3, -0.25) is 0 Å². The van der Waals surface area contributed by atoms with Crippen molar-refractivity contribution in [3.63, 3.8) is 0 Å². The van der Waals surface area contributed by atoms with Crippen molar-refractivity contribution in [1.82, 2.24) is 5.32 Å². The van der Waals surface area contributed by atoms with Crippen LogP contribution in [0.2, 0.25) is 15.1 Å². The molecule has 0 aliphatic rings. The van der Waals surface area contributed by atoms with Gasteiger partial charge in [0.15, 0.2) is 0 Å². The first-order chi connectivity index (χ1) is 9.90. The Labute approximate surface area is 141 Å². The summed E-state index contributed by atoms with van der Waals surface area (Å²) in [7, 11) is 0. The molecule has 0 aromatic heterocycles. The lowest BCUT2D eigenvalue weighted by molar-refractivity contribution is 0.572. The monoisotopic (exact) mass is 341 g/mol. The van der Waals surface area contributed by atoms with Crippen molar-refractivity contribution in [3.05, 3.63) is 67.7 Å². The lowest BCUT2D eigenvalue weighted by atomic mass is 10.00. The fraction of sp³-hybridized carbons (Fsp3) is 0.294. The van der Waals surface area contributed by atoms with E-state index in [2.05, 4.69) is 44.3 Å². The van der Waals surface area contributed by atoms with E-state index >= 15 is 0 Å². The number of aryl methyl sites for hydroxylation is 2. The van der Waals surface area contributed by atoms with Gasteiger partial charge < -0.3 is 5.32 Å². The van der Waals surface area contributed by atoms with Gasteiger partial charge in [0, 0.05) is 23.2 Å². The normalized spacial score (nSPS) is 12.5. The number of rotatable bonds is 4. The number of hydrogen-bond acceptors (Lipinski definition) is 1. The average Bonchev–Trinajstić information content (AvgIpc) is 2.43. The van der Waals surface area contributed by atoms with Gasteiger partial charge in [-0.05, 0) is 44.0 Å². The first-order valence-corrected chi connectivity index (χ1v) is 7.96. The quantitative estimate of drug-likeness (QED) is 0.660. The maximum Gasteiger partial charge on any atom is 0.0652 e. The van der Waals surface area contributed by atoms with E-state index < -0.39 is 0 Å². The van der Waals surface area contributed by atoms with Crippen molar-refractivity contribution in [2.75, 3.05) is 0 Å². The van der Waals surface area contributed by atoms with Gasteiger partial charge in [0.2, 0.25) is 0 Å². The van der Waals surface area contributed by atoms with Crippen LogP contribution in [0.3, 0.4) is 0 Å². The van der Waals surface area contributed by atoms with Crippen LogP contribution in [-0.4, -0.2) is 0 Å². The molecule has 0 saturated carbocycles. The number of benzene rings is 2. The Hall–Kier alpha value is -0.730. The fourth-order valence-electron chi connectivity index (χ4n) is 2.41. The number of halogens is 3. The Morgan fingerprint density at radius 3 is 2.33 bits per heavy atom. The molecule has 1 atom stereocenters. The second-order valence-electron chi connectivity index (χ2n) is 5.28. The lowest BCUT2D eigenvalue weighted by Crippen LogP contribution is -2.19. The highest BCUT2D eigenvalue weighted by Crippen LogP contribution is 2.31. The van der Waals surface area contributed by atoms with Crippen molar-refractivity contribution in [2.24, 2.45) is 0 Å². The van der Waals surface area contributed by atoms with Crippen LogP contribution >= 0.6 is 34.8 Å². The van der Waals surface area contributed by atoms with E-state index in [1.165, 1.54) is 16.7 Å². The molecule has 0 fully saturated rings. The summed E-state index contributed by atoms with van der Waals surface area (Å²) in [6.45, 7) is 6.93. The minimum Gasteiger partial charge on any atom is -0.306 e. The van der Waals surface area contributed by atoms with E-state index in [0.29, 0.717) is 21.6 Å². The van der Waals surface area contributed by atoms with Crippen LogP contribution in [0.15, 0.2) is 30.3 Å². The zero-order valence-corrected chi connectivity index (χ0v) is 14.6. The summed E-state index contributed by atoms with van der Waals surface area (Å²) in [6, 6.07) is 10.2. The molecule has 0 heterocycles. The Morgan fingerprint density at radius 1 is 1.00 bits per heavy atom. The average molecular weight is 343 g/mol. The van der Waals surface area contributed by atoms with Gasteiger partial charge in [0.1, 0.15) is 0 Å². The van der Waals surface area contributed by atoms with Gasteiger partial charge in [-0.2, -0.15) is 0 Å². The van der Waals surface area contributed by atoms with Crippen LogP contribution in [-0.2, 0) is 6.54 Å². The number of hydrogen-bond donors (Lipinski definition) is 1. The molecule has 0 saturated heterocycles. The van der Waals surface area contributed by atoms with Gasteiger partial charge in [-0.15, -0.1) is 0 Å². The first-order valence-electron chi connectivity index (χ1n) is 6.83. The van der Waals surface area contributed by atoms with Crippen LogP contribution in [0.1, 0.15) is 35.2 Å². The molecule has 1 unspecified atom stereocenters. The van der Waals surface area contributed by atoms with Gasteiger partial charge in [-0.1, -0.05) is 58.6 Å². The molecule has 2 rings (SSSR count). The maximum absolute atomic E-state index is 6.22. The molecule has 1 N–H and O–H groups in total. The van der Waals surface area contributed by atoms with Gasteiger partial charge in [0.25, 0.3) is 0 Å².